The minimum Gasteiger partial charge on any atom is -0.316 e. The SMILES string of the molecule is CNCc1ccc(S(=O)(=O)NCC2CCCCN2C)cc1. The van der Waals surface area contributed by atoms with E-state index in [9.17, 15) is 8.42 Å². The summed E-state index contributed by atoms with van der Waals surface area (Å²) in [6.07, 6.45) is 3.43. The van der Waals surface area contributed by atoms with Gasteiger partial charge in [-0.25, -0.2) is 13.1 Å². The summed E-state index contributed by atoms with van der Waals surface area (Å²) in [6, 6.07) is 7.33. The van der Waals surface area contributed by atoms with E-state index in [1.807, 2.05) is 19.2 Å². The van der Waals surface area contributed by atoms with E-state index in [1.165, 1.54) is 12.8 Å². The van der Waals surface area contributed by atoms with E-state index in [-0.39, 0.29) is 0 Å². The number of nitrogens with one attached hydrogen (secondary N) is 2. The number of sulfonamides is 1. The molecule has 0 aromatic heterocycles. The van der Waals surface area contributed by atoms with E-state index in [0.29, 0.717) is 17.5 Å². The lowest BCUT2D eigenvalue weighted by atomic mass is 10.0. The highest BCUT2D eigenvalue weighted by Gasteiger charge is 2.21. The molecule has 21 heavy (non-hydrogen) atoms. The lowest BCUT2D eigenvalue weighted by molar-refractivity contribution is 0.187. The molecule has 1 saturated heterocycles. The number of likely N-dealkylation sites (N-methyl/N-ethyl adjacent to an activating group) is 1. The third-order valence-corrected chi connectivity index (χ3v) is 5.48. The first-order chi connectivity index (χ1) is 10.0. The Morgan fingerprint density at radius 3 is 2.57 bits per heavy atom. The van der Waals surface area contributed by atoms with Crippen LogP contribution in [0.5, 0.6) is 0 Å². The van der Waals surface area contributed by atoms with Crippen molar-refractivity contribution in [2.24, 2.45) is 0 Å². The van der Waals surface area contributed by atoms with Gasteiger partial charge in [0, 0.05) is 19.1 Å². The van der Waals surface area contributed by atoms with E-state index in [0.717, 1.165) is 25.1 Å². The summed E-state index contributed by atoms with van der Waals surface area (Å²) in [5.74, 6) is 0. The molecule has 0 aliphatic carbocycles. The van der Waals surface area contributed by atoms with Crippen LogP contribution in [0.15, 0.2) is 29.2 Å². The fourth-order valence-electron chi connectivity index (χ4n) is 2.68. The van der Waals surface area contributed by atoms with Gasteiger partial charge in [0.25, 0.3) is 0 Å². The molecule has 1 aliphatic rings. The first-order valence-corrected chi connectivity index (χ1v) is 8.94. The van der Waals surface area contributed by atoms with Gasteiger partial charge >= 0.3 is 0 Å². The zero-order valence-electron chi connectivity index (χ0n) is 12.8. The van der Waals surface area contributed by atoms with Gasteiger partial charge in [0.2, 0.25) is 10.0 Å². The molecule has 5 nitrogen and oxygen atoms in total. The maximum absolute atomic E-state index is 12.3. The zero-order chi connectivity index (χ0) is 15.3. The lowest BCUT2D eigenvalue weighted by Crippen LogP contribution is -2.44. The van der Waals surface area contributed by atoms with Crippen LogP contribution in [0.4, 0.5) is 0 Å². The number of piperidine rings is 1. The van der Waals surface area contributed by atoms with Gasteiger partial charge in [0.15, 0.2) is 0 Å². The van der Waals surface area contributed by atoms with Gasteiger partial charge in [-0.15, -0.1) is 0 Å². The van der Waals surface area contributed by atoms with Crippen LogP contribution in [-0.4, -0.2) is 46.5 Å². The van der Waals surface area contributed by atoms with E-state index >= 15 is 0 Å². The molecule has 6 heteroatoms. The first-order valence-electron chi connectivity index (χ1n) is 7.46. The maximum atomic E-state index is 12.3. The Labute approximate surface area is 127 Å². The van der Waals surface area contributed by atoms with Crippen molar-refractivity contribution in [2.45, 2.75) is 36.7 Å². The molecule has 1 atom stereocenters. The van der Waals surface area contributed by atoms with Crippen molar-refractivity contribution >= 4 is 10.0 Å². The standard InChI is InChI=1S/C15H25N3O2S/c1-16-11-13-6-8-15(9-7-13)21(19,20)17-12-14-5-3-4-10-18(14)2/h6-9,14,16-17H,3-5,10-12H2,1-2H3. The normalized spacial score (nSPS) is 20.6. The molecule has 0 amide bonds. The maximum Gasteiger partial charge on any atom is 0.240 e. The van der Waals surface area contributed by atoms with Gasteiger partial charge in [-0.2, -0.15) is 0 Å². The van der Waals surface area contributed by atoms with E-state index in [4.69, 9.17) is 0 Å². The summed E-state index contributed by atoms with van der Waals surface area (Å²) in [6.45, 7) is 2.27. The third-order valence-electron chi connectivity index (χ3n) is 4.05. The molecule has 2 N–H and O–H groups in total. The highest BCUT2D eigenvalue weighted by molar-refractivity contribution is 7.89. The van der Waals surface area contributed by atoms with Crippen LogP contribution in [0.2, 0.25) is 0 Å². The Morgan fingerprint density at radius 1 is 1.24 bits per heavy atom. The summed E-state index contributed by atoms with van der Waals surface area (Å²) in [5.41, 5.74) is 1.07. The lowest BCUT2D eigenvalue weighted by Gasteiger charge is -2.32. The second-order valence-electron chi connectivity index (χ2n) is 5.66. The Kier molecular flexibility index (Phi) is 5.75. The predicted molar refractivity (Wildman–Crippen MR) is 84.7 cm³/mol. The van der Waals surface area contributed by atoms with Crippen LogP contribution in [-0.2, 0) is 16.6 Å². The first kappa shape index (κ1) is 16.4. The Morgan fingerprint density at radius 2 is 1.95 bits per heavy atom. The van der Waals surface area contributed by atoms with Crippen molar-refractivity contribution in [2.75, 3.05) is 27.2 Å². The van der Waals surface area contributed by atoms with E-state index in [1.54, 1.807) is 12.1 Å². The van der Waals surface area contributed by atoms with Crippen molar-refractivity contribution in [3.63, 3.8) is 0 Å². The van der Waals surface area contributed by atoms with Crippen LogP contribution >= 0.6 is 0 Å². The van der Waals surface area contributed by atoms with Crippen molar-refractivity contribution in [1.29, 1.82) is 0 Å². The van der Waals surface area contributed by atoms with Gasteiger partial charge in [-0.1, -0.05) is 18.6 Å². The Bertz CT molecular complexity index is 543. The van der Waals surface area contributed by atoms with Crippen molar-refractivity contribution in [3.8, 4) is 0 Å². The van der Waals surface area contributed by atoms with Gasteiger partial charge in [0.05, 0.1) is 4.90 Å². The summed E-state index contributed by atoms with van der Waals surface area (Å²) < 4.78 is 27.4. The molecule has 0 saturated carbocycles. The minimum atomic E-state index is -3.41. The molecule has 1 fully saturated rings. The fourth-order valence-corrected chi connectivity index (χ4v) is 3.75. The number of likely N-dealkylation sites (tertiary alicyclic amines) is 1. The molecular weight excluding hydrogens is 286 g/mol. The predicted octanol–water partition coefficient (Wildman–Crippen LogP) is 1.17. The van der Waals surface area contributed by atoms with Crippen LogP contribution in [0, 0.1) is 0 Å². The monoisotopic (exact) mass is 311 g/mol. The highest BCUT2D eigenvalue weighted by atomic mass is 32.2. The smallest absolute Gasteiger partial charge is 0.240 e. The molecule has 1 unspecified atom stereocenters. The number of nitrogens with zero attached hydrogens (tertiary/aromatic N) is 1. The average Bonchev–Trinajstić information content (AvgIpc) is 2.47. The zero-order valence-corrected chi connectivity index (χ0v) is 13.6. The van der Waals surface area contributed by atoms with Crippen LogP contribution < -0.4 is 10.0 Å². The number of hydrogen-bond acceptors (Lipinski definition) is 4. The molecule has 2 rings (SSSR count). The third kappa shape index (κ3) is 4.51. The molecule has 0 bridgehead atoms. The van der Waals surface area contributed by atoms with Crippen molar-refractivity contribution < 1.29 is 8.42 Å². The van der Waals surface area contributed by atoms with Crippen molar-refractivity contribution in [3.05, 3.63) is 29.8 Å². The van der Waals surface area contributed by atoms with Crippen molar-refractivity contribution in [1.82, 2.24) is 14.9 Å². The van der Waals surface area contributed by atoms with Crippen LogP contribution in [0.3, 0.4) is 0 Å². The molecule has 0 radical (unpaired) electrons. The quantitative estimate of drug-likeness (QED) is 0.828. The van der Waals surface area contributed by atoms with E-state index in [2.05, 4.69) is 22.0 Å². The molecule has 1 heterocycles. The van der Waals surface area contributed by atoms with Gasteiger partial charge in [-0.3, -0.25) is 0 Å². The van der Waals surface area contributed by atoms with Gasteiger partial charge < -0.3 is 10.2 Å². The molecule has 1 aromatic rings. The Hall–Kier alpha value is -0.950. The molecular formula is C15H25N3O2S. The van der Waals surface area contributed by atoms with E-state index < -0.39 is 10.0 Å². The average molecular weight is 311 g/mol. The molecule has 1 aliphatic heterocycles. The number of benzene rings is 1. The summed E-state index contributed by atoms with van der Waals surface area (Å²) in [7, 11) is 0.516. The number of rotatable bonds is 6. The molecule has 118 valence electrons. The van der Waals surface area contributed by atoms with Crippen LogP contribution in [0.1, 0.15) is 24.8 Å². The summed E-state index contributed by atoms with van der Waals surface area (Å²) in [4.78, 5) is 2.57. The summed E-state index contributed by atoms with van der Waals surface area (Å²) in [5, 5.41) is 3.04. The highest BCUT2D eigenvalue weighted by Crippen LogP contribution is 2.15. The second kappa shape index (κ2) is 7.35. The number of hydrogen-bond donors (Lipinski definition) is 2. The van der Waals surface area contributed by atoms with Gasteiger partial charge in [-0.05, 0) is 51.2 Å². The second-order valence-corrected chi connectivity index (χ2v) is 7.42. The van der Waals surface area contributed by atoms with Crippen LogP contribution in [0.25, 0.3) is 0 Å². The van der Waals surface area contributed by atoms with Gasteiger partial charge in [0.1, 0.15) is 0 Å². The fraction of sp³-hybridized carbons (Fsp3) is 0.600. The largest absolute Gasteiger partial charge is 0.316 e. The molecule has 1 aromatic carbocycles. The topological polar surface area (TPSA) is 61.4 Å². The Balaban J connectivity index is 1.97. The molecule has 0 spiro atoms. The summed E-state index contributed by atoms with van der Waals surface area (Å²) >= 11 is 0. The minimum absolute atomic E-state index is 0.303.